The van der Waals surface area contributed by atoms with Crippen LogP contribution in [-0.4, -0.2) is 50.7 Å². The molecule has 1 saturated heterocycles. The van der Waals surface area contributed by atoms with Crippen LogP contribution in [0.5, 0.6) is 0 Å². The highest BCUT2D eigenvalue weighted by Gasteiger charge is 2.23. The van der Waals surface area contributed by atoms with Gasteiger partial charge >= 0.3 is 0 Å². The van der Waals surface area contributed by atoms with E-state index in [-0.39, 0.29) is 19.2 Å². The quantitative estimate of drug-likeness (QED) is 0.665. The third-order valence-corrected chi connectivity index (χ3v) is 4.79. The predicted octanol–water partition coefficient (Wildman–Crippen LogP) is 0.0673. The van der Waals surface area contributed by atoms with Crippen molar-refractivity contribution >= 4 is 10.2 Å². The number of aliphatic hydroxyl groups is 1. The van der Waals surface area contributed by atoms with Crippen molar-refractivity contribution in [2.45, 2.75) is 25.4 Å². The maximum atomic E-state index is 11.7. The standard InChI is InChI=1S/C14H23N3O3S/c18-11-8-15-21(19,20)16-14-6-9-17(10-7-14)12-13-4-2-1-3-5-13/h1-5,14-16,18H,6-12H2. The van der Waals surface area contributed by atoms with Crippen molar-refractivity contribution in [2.24, 2.45) is 0 Å². The number of benzene rings is 1. The van der Waals surface area contributed by atoms with Crippen molar-refractivity contribution in [3.05, 3.63) is 35.9 Å². The first-order chi connectivity index (χ1) is 10.1. The zero-order valence-corrected chi connectivity index (χ0v) is 12.8. The van der Waals surface area contributed by atoms with Crippen molar-refractivity contribution in [3.8, 4) is 0 Å². The number of hydrogen-bond acceptors (Lipinski definition) is 4. The fourth-order valence-electron chi connectivity index (χ4n) is 2.49. The topological polar surface area (TPSA) is 81.7 Å². The molecule has 0 bridgehead atoms. The van der Waals surface area contributed by atoms with Gasteiger partial charge in [0.25, 0.3) is 10.2 Å². The lowest BCUT2D eigenvalue weighted by Gasteiger charge is -2.32. The monoisotopic (exact) mass is 313 g/mol. The summed E-state index contributed by atoms with van der Waals surface area (Å²) in [5.41, 5.74) is 1.28. The van der Waals surface area contributed by atoms with E-state index in [9.17, 15) is 8.42 Å². The minimum absolute atomic E-state index is 0.0341. The second-order valence-electron chi connectivity index (χ2n) is 5.28. The van der Waals surface area contributed by atoms with Gasteiger partial charge in [0.1, 0.15) is 0 Å². The SMILES string of the molecule is O=S(=O)(NCCO)NC1CCN(Cc2ccccc2)CC1. The largest absolute Gasteiger partial charge is 0.395 e. The summed E-state index contributed by atoms with van der Waals surface area (Å²) in [6.45, 7) is 2.51. The van der Waals surface area contributed by atoms with Crippen LogP contribution in [-0.2, 0) is 16.8 Å². The molecular formula is C14H23N3O3S. The first-order valence-corrected chi connectivity index (χ1v) is 8.71. The maximum Gasteiger partial charge on any atom is 0.277 e. The second kappa shape index (κ2) is 7.86. The molecule has 0 saturated carbocycles. The zero-order valence-electron chi connectivity index (χ0n) is 12.0. The lowest BCUT2D eigenvalue weighted by Crippen LogP contribution is -2.48. The van der Waals surface area contributed by atoms with Gasteiger partial charge in [-0.15, -0.1) is 0 Å². The lowest BCUT2D eigenvalue weighted by atomic mass is 10.1. The van der Waals surface area contributed by atoms with Gasteiger partial charge in [-0.3, -0.25) is 4.90 Å². The van der Waals surface area contributed by atoms with E-state index in [1.54, 1.807) is 0 Å². The molecule has 1 aromatic carbocycles. The summed E-state index contributed by atoms with van der Waals surface area (Å²) in [6.07, 6.45) is 1.60. The van der Waals surface area contributed by atoms with Crippen LogP contribution in [0.15, 0.2) is 30.3 Å². The average Bonchev–Trinajstić information content (AvgIpc) is 2.48. The molecule has 0 aliphatic carbocycles. The Morgan fingerprint density at radius 3 is 2.48 bits per heavy atom. The fourth-order valence-corrected chi connectivity index (χ4v) is 3.61. The lowest BCUT2D eigenvalue weighted by molar-refractivity contribution is 0.199. The van der Waals surface area contributed by atoms with Gasteiger partial charge in [-0.1, -0.05) is 30.3 Å². The van der Waals surface area contributed by atoms with Gasteiger partial charge in [-0.05, 0) is 18.4 Å². The highest BCUT2D eigenvalue weighted by Crippen LogP contribution is 2.14. The Hall–Kier alpha value is -0.990. The molecule has 0 aromatic heterocycles. The summed E-state index contributed by atoms with van der Waals surface area (Å²) >= 11 is 0. The van der Waals surface area contributed by atoms with Crippen LogP contribution in [0.3, 0.4) is 0 Å². The van der Waals surface area contributed by atoms with Gasteiger partial charge in [0.15, 0.2) is 0 Å². The van der Waals surface area contributed by atoms with Crippen LogP contribution < -0.4 is 9.44 Å². The number of rotatable bonds is 7. The van der Waals surface area contributed by atoms with Crippen LogP contribution in [0, 0.1) is 0 Å². The van der Waals surface area contributed by atoms with Crippen molar-refractivity contribution in [1.29, 1.82) is 0 Å². The molecule has 118 valence electrons. The Kier molecular flexibility index (Phi) is 6.13. The third kappa shape index (κ3) is 5.72. The van der Waals surface area contributed by atoms with Crippen LogP contribution in [0.25, 0.3) is 0 Å². The summed E-state index contributed by atoms with van der Waals surface area (Å²) in [6, 6.07) is 10.2. The highest BCUT2D eigenvalue weighted by molar-refractivity contribution is 7.87. The van der Waals surface area contributed by atoms with E-state index in [1.807, 2.05) is 18.2 Å². The molecule has 1 heterocycles. The van der Waals surface area contributed by atoms with Crippen molar-refractivity contribution in [1.82, 2.24) is 14.3 Å². The Bertz CT molecular complexity index is 514. The maximum absolute atomic E-state index is 11.7. The zero-order chi connectivity index (χ0) is 15.1. The number of nitrogens with one attached hydrogen (secondary N) is 2. The van der Waals surface area contributed by atoms with Gasteiger partial charge in [-0.2, -0.15) is 17.9 Å². The second-order valence-corrected chi connectivity index (χ2v) is 6.81. The van der Waals surface area contributed by atoms with Crippen molar-refractivity contribution in [3.63, 3.8) is 0 Å². The Balaban J connectivity index is 1.75. The number of aliphatic hydroxyl groups excluding tert-OH is 1. The highest BCUT2D eigenvalue weighted by atomic mass is 32.2. The Morgan fingerprint density at radius 1 is 1.19 bits per heavy atom. The fraction of sp³-hybridized carbons (Fsp3) is 0.571. The van der Waals surface area contributed by atoms with E-state index in [2.05, 4.69) is 26.5 Å². The smallest absolute Gasteiger partial charge is 0.277 e. The average molecular weight is 313 g/mol. The molecule has 0 spiro atoms. The van der Waals surface area contributed by atoms with Crippen LogP contribution in [0.1, 0.15) is 18.4 Å². The first kappa shape index (κ1) is 16.4. The molecule has 0 unspecified atom stereocenters. The van der Waals surface area contributed by atoms with Crippen molar-refractivity contribution < 1.29 is 13.5 Å². The van der Waals surface area contributed by atoms with Crippen LogP contribution in [0.2, 0.25) is 0 Å². The summed E-state index contributed by atoms with van der Waals surface area (Å²) in [4.78, 5) is 2.33. The molecule has 1 aliphatic heterocycles. The van der Waals surface area contributed by atoms with Gasteiger partial charge < -0.3 is 5.11 Å². The van der Waals surface area contributed by atoms with E-state index >= 15 is 0 Å². The van der Waals surface area contributed by atoms with E-state index in [0.717, 1.165) is 32.5 Å². The number of piperidine rings is 1. The molecule has 2 rings (SSSR count). The molecule has 21 heavy (non-hydrogen) atoms. The number of nitrogens with zero attached hydrogens (tertiary/aromatic N) is 1. The number of likely N-dealkylation sites (tertiary alicyclic amines) is 1. The molecule has 0 radical (unpaired) electrons. The van der Waals surface area contributed by atoms with E-state index in [0.29, 0.717) is 0 Å². The molecular weight excluding hydrogens is 290 g/mol. The normalized spacial score (nSPS) is 18.0. The summed E-state index contributed by atoms with van der Waals surface area (Å²) < 4.78 is 28.3. The van der Waals surface area contributed by atoms with Crippen LogP contribution in [0.4, 0.5) is 0 Å². The predicted molar refractivity (Wildman–Crippen MR) is 81.9 cm³/mol. The molecule has 1 aromatic rings. The molecule has 0 atom stereocenters. The van der Waals surface area contributed by atoms with Crippen molar-refractivity contribution in [2.75, 3.05) is 26.2 Å². The third-order valence-electron chi connectivity index (χ3n) is 3.56. The molecule has 6 nitrogen and oxygen atoms in total. The first-order valence-electron chi connectivity index (χ1n) is 7.23. The Morgan fingerprint density at radius 2 is 1.86 bits per heavy atom. The number of hydrogen-bond donors (Lipinski definition) is 3. The van der Waals surface area contributed by atoms with Gasteiger partial charge in [-0.25, -0.2) is 0 Å². The summed E-state index contributed by atoms with van der Waals surface area (Å²) in [7, 11) is -3.50. The Labute approximate surface area is 126 Å². The van der Waals surface area contributed by atoms with E-state index in [4.69, 9.17) is 5.11 Å². The summed E-state index contributed by atoms with van der Waals surface area (Å²) in [5.74, 6) is 0. The van der Waals surface area contributed by atoms with E-state index < -0.39 is 10.2 Å². The van der Waals surface area contributed by atoms with E-state index in [1.165, 1.54) is 5.56 Å². The minimum atomic E-state index is -3.50. The molecule has 1 aliphatic rings. The minimum Gasteiger partial charge on any atom is -0.395 e. The molecule has 3 N–H and O–H groups in total. The molecule has 1 fully saturated rings. The molecule has 7 heteroatoms. The summed E-state index contributed by atoms with van der Waals surface area (Å²) in [5, 5.41) is 8.65. The molecule has 0 amide bonds. The van der Waals surface area contributed by atoms with Crippen LogP contribution >= 0.6 is 0 Å². The van der Waals surface area contributed by atoms with Gasteiger partial charge in [0, 0.05) is 32.2 Å². The van der Waals surface area contributed by atoms with Gasteiger partial charge in [0.05, 0.1) is 6.61 Å². The van der Waals surface area contributed by atoms with Gasteiger partial charge in [0.2, 0.25) is 0 Å².